The smallest absolute Gasteiger partial charge is 0.352 e. The van der Waals surface area contributed by atoms with Gasteiger partial charge in [0, 0.05) is 23.5 Å². The van der Waals surface area contributed by atoms with Crippen LogP contribution < -0.4 is 5.32 Å². The maximum atomic E-state index is 11.4. The van der Waals surface area contributed by atoms with Crippen molar-refractivity contribution >= 4 is 11.7 Å². The highest BCUT2D eigenvalue weighted by Crippen LogP contribution is 2.22. The molecule has 6 nitrogen and oxygen atoms in total. The number of ether oxygens (including phenoxy) is 1. The highest BCUT2D eigenvalue weighted by Gasteiger charge is 2.16. The summed E-state index contributed by atoms with van der Waals surface area (Å²) in [7, 11) is 0. The summed E-state index contributed by atoms with van der Waals surface area (Å²) >= 11 is 0. The first-order valence-electron chi connectivity index (χ1n) is 5.90. The minimum Gasteiger partial charge on any atom is -0.505 e. The fourth-order valence-corrected chi connectivity index (χ4v) is 1.42. The van der Waals surface area contributed by atoms with Gasteiger partial charge in [0.05, 0.1) is 18.9 Å². The van der Waals surface area contributed by atoms with Crippen molar-refractivity contribution in [1.82, 2.24) is 5.32 Å². The lowest BCUT2D eigenvalue weighted by atomic mass is 10.0. The second kappa shape index (κ2) is 6.75. The topological polar surface area (TPSA) is 91.2 Å². The molecule has 0 radical (unpaired) electrons. The summed E-state index contributed by atoms with van der Waals surface area (Å²) in [5.74, 6) is -0.519. The van der Waals surface area contributed by atoms with Crippen LogP contribution in [0.25, 0.3) is 0 Å². The number of carbonyl (C=O) groups is 1. The number of hydrogen-bond donors (Lipinski definition) is 3. The molecule has 0 aliphatic carbocycles. The number of dihydropyridines is 1. The second-order valence-electron chi connectivity index (χ2n) is 3.92. The van der Waals surface area contributed by atoms with E-state index in [1.165, 1.54) is 13.1 Å². The van der Waals surface area contributed by atoms with Crippen molar-refractivity contribution in [2.75, 3.05) is 13.2 Å². The Kier molecular flexibility index (Phi) is 5.32. The summed E-state index contributed by atoms with van der Waals surface area (Å²) in [6.45, 7) is 4.95. The van der Waals surface area contributed by atoms with Gasteiger partial charge in [0.15, 0.2) is 0 Å². The summed E-state index contributed by atoms with van der Waals surface area (Å²) in [4.78, 5) is 15.3. The van der Waals surface area contributed by atoms with E-state index in [0.717, 1.165) is 0 Å². The van der Waals surface area contributed by atoms with Gasteiger partial charge in [-0.25, -0.2) is 4.79 Å². The molecule has 0 aromatic rings. The maximum Gasteiger partial charge on any atom is 0.352 e. The molecule has 1 aliphatic heterocycles. The number of nitrogens with one attached hydrogen (secondary N) is 1. The molecule has 0 aromatic heterocycles. The van der Waals surface area contributed by atoms with Gasteiger partial charge in [0.2, 0.25) is 0 Å². The Labute approximate surface area is 111 Å². The van der Waals surface area contributed by atoms with Crippen LogP contribution in [-0.4, -0.2) is 35.1 Å². The van der Waals surface area contributed by atoms with E-state index in [4.69, 9.17) is 4.74 Å². The SMILES string of the molecule is CCOC(=O)C(C)=N/C=C1\C(CO)=CNC(C)=C1O. The van der Waals surface area contributed by atoms with Crippen LogP contribution in [0.1, 0.15) is 20.8 Å². The van der Waals surface area contributed by atoms with Crippen LogP contribution in [0.2, 0.25) is 0 Å². The predicted octanol–water partition coefficient (Wildman–Crippen LogP) is 1.16. The molecule has 0 spiro atoms. The molecule has 0 atom stereocenters. The molecule has 0 fully saturated rings. The molecule has 19 heavy (non-hydrogen) atoms. The first-order chi connectivity index (χ1) is 9.01. The third kappa shape index (κ3) is 3.69. The van der Waals surface area contributed by atoms with Gasteiger partial charge in [-0.3, -0.25) is 4.99 Å². The molecular weight excluding hydrogens is 248 g/mol. The molecule has 1 heterocycles. The summed E-state index contributed by atoms with van der Waals surface area (Å²) in [6, 6.07) is 0. The minimum absolute atomic E-state index is 0.00745. The Hall–Kier alpha value is -2.08. The van der Waals surface area contributed by atoms with Gasteiger partial charge in [-0.05, 0) is 20.8 Å². The number of aliphatic hydroxyl groups excluding tert-OH is 2. The van der Waals surface area contributed by atoms with Gasteiger partial charge >= 0.3 is 5.97 Å². The van der Waals surface area contributed by atoms with Crippen LogP contribution >= 0.6 is 0 Å². The van der Waals surface area contributed by atoms with E-state index in [9.17, 15) is 15.0 Å². The van der Waals surface area contributed by atoms with Crippen molar-refractivity contribution in [1.29, 1.82) is 0 Å². The fraction of sp³-hybridized carbons (Fsp3) is 0.385. The molecule has 1 aliphatic rings. The first kappa shape index (κ1) is 15.0. The molecule has 0 bridgehead atoms. The normalized spacial score (nSPS) is 18.2. The van der Waals surface area contributed by atoms with Crippen LogP contribution in [0.5, 0.6) is 0 Å². The minimum atomic E-state index is -0.511. The average molecular weight is 266 g/mol. The highest BCUT2D eigenvalue weighted by molar-refractivity contribution is 6.35. The summed E-state index contributed by atoms with van der Waals surface area (Å²) in [5.41, 5.74) is 1.59. The van der Waals surface area contributed by atoms with Crippen molar-refractivity contribution < 1.29 is 19.7 Å². The number of rotatable bonds is 4. The third-order valence-electron chi connectivity index (χ3n) is 2.55. The largest absolute Gasteiger partial charge is 0.505 e. The molecular formula is C13H18N2O4. The molecule has 0 aromatic carbocycles. The van der Waals surface area contributed by atoms with E-state index in [1.807, 2.05) is 0 Å². The van der Waals surface area contributed by atoms with Crippen LogP contribution in [0.15, 0.2) is 40.0 Å². The number of carbonyl (C=O) groups excluding carboxylic acids is 1. The predicted molar refractivity (Wildman–Crippen MR) is 71.5 cm³/mol. The average Bonchev–Trinajstić information content (AvgIpc) is 2.40. The van der Waals surface area contributed by atoms with Crippen LogP contribution in [-0.2, 0) is 9.53 Å². The van der Waals surface area contributed by atoms with Crippen molar-refractivity contribution in [2.24, 2.45) is 4.99 Å². The first-order valence-corrected chi connectivity index (χ1v) is 5.90. The maximum absolute atomic E-state index is 11.4. The number of allylic oxidation sites excluding steroid dienone is 2. The van der Waals surface area contributed by atoms with Crippen molar-refractivity contribution in [2.45, 2.75) is 20.8 Å². The lowest BCUT2D eigenvalue weighted by Gasteiger charge is -2.17. The van der Waals surface area contributed by atoms with Crippen LogP contribution in [0, 0.1) is 0 Å². The lowest BCUT2D eigenvalue weighted by Crippen LogP contribution is -2.17. The summed E-state index contributed by atoms with van der Waals surface area (Å²) < 4.78 is 4.79. The quantitative estimate of drug-likeness (QED) is 0.524. The molecule has 0 saturated carbocycles. The number of aliphatic imine (C=N–C) groups is 1. The summed E-state index contributed by atoms with van der Waals surface area (Å²) in [6.07, 6.45) is 2.92. The zero-order valence-electron chi connectivity index (χ0n) is 11.2. The van der Waals surface area contributed by atoms with E-state index >= 15 is 0 Å². The number of nitrogens with zero attached hydrogens (tertiary/aromatic N) is 1. The standard InChI is InChI=1S/C13H18N2O4/c1-4-19-13(18)9(3)15-6-11-10(7-16)5-14-8(2)12(11)17/h5-6,14,16-17H,4,7H2,1-3H3/b11-6+,15-9?. The summed E-state index contributed by atoms with van der Waals surface area (Å²) in [5, 5.41) is 21.9. The van der Waals surface area contributed by atoms with E-state index < -0.39 is 5.97 Å². The number of esters is 1. The van der Waals surface area contributed by atoms with E-state index in [0.29, 0.717) is 16.8 Å². The van der Waals surface area contributed by atoms with E-state index in [-0.39, 0.29) is 24.7 Å². The monoisotopic (exact) mass is 266 g/mol. The van der Waals surface area contributed by atoms with Gasteiger partial charge in [0.1, 0.15) is 11.5 Å². The molecule has 0 amide bonds. The Bertz CT molecular complexity index is 487. The Balaban J connectivity index is 3.01. The van der Waals surface area contributed by atoms with Crippen LogP contribution in [0.4, 0.5) is 0 Å². The zero-order valence-corrected chi connectivity index (χ0v) is 11.2. The number of aliphatic hydroxyl groups is 2. The Morgan fingerprint density at radius 1 is 1.58 bits per heavy atom. The second-order valence-corrected chi connectivity index (χ2v) is 3.92. The zero-order chi connectivity index (χ0) is 14.4. The van der Waals surface area contributed by atoms with Gasteiger partial charge < -0.3 is 20.3 Å². The van der Waals surface area contributed by atoms with Crippen molar-refractivity contribution in [3.8, 4) is 0 Å². The third-order valence-corrected chi connectivity index (χ3v) is 2.55. The molecule has 3 N–H and O–H groups in total. The molecule has 0 unspecified atom stereocenters. The van der Waals surface area contributed by atoms with Crippen molar-refractivity contribution in [3.05, 3.63) is 35.0 Å². The van der Waals surface area contributed by atoms with Gasteiger partial charge in [-0.15, -0.1) is 0 Å². The fourth-order valence-electron chi connectivity index (χ4n) is 1.42. The molecule has 6 heteroatoms. The van der Waals surface area contributed by atoms with Gasteiger partial charge in [-0.1, -0.05) is 0 Å². The Morgan fingerprint density at radius 2 is 2.26 bits per heavy atom. The Morgan fingerprint density at radius 3 is 2.84 bits per heavy atom. The molecule has 104 valence electrons. The highest BCUT2D eigenvalue weighted by atomic mass is 16.5. The van der Waals surface area contributed by atoms with Crippen molar-refractivity contribution in [3.63, 3.8) is 0 Å². The van der Waals surface area contributed by atoms with E-state index in [1.54, 1.807) is 20.0 Å². The van der Waals surface area contributed by atoms with Crippen LogP contribution in [0.3, 0.4) is 0 Å². The molecule has 0 saturated heterocycles. The van der Waals surface area contributed by atoms with Gasteiger partial charge in [0.25, 0.3) is 0 Å². The molecule has 1 rings (SSSR count). The number of hydrogen-bond acceptors (Lipinski definition) is 6. The van der Waals surface area contributed by atoms with Gasteiger partial charge in [-0.2, -0.15) is 0 Å². The lowest BCUT2D eigenvalue weighted by molar-refractivity contribution is -0.135. The van der Waals surface area contributed by atoms with E-state index in [2.05, 4.69) is 10.3 Å².